The van der Waals surface area contributed by atoms with Crippen molar-refractivity contribution < 1.29 is 14.7 Å². The number of aromatic hydroxyl groups is 1. The van der Waals surface area contributed by atoms with Gasteiger partial charge in [-0.25, -0.2) is 0 Å². The second-order valence-electron chi connectivity index (χ2n) is 5.78. The molecule has 1 unspecified atom stereocenters. The average molecular weight is 291 g/mol. The predicted molar refractivity (Wildman–Crippen MR) is 78.6 cm³/mol. The van der Waals surface area contributed by atoms with Gasteiger partial charge in [-0.3, -0.25) is 9.59 Å². The molecule has 0 radical (unpaired) electrons. The van der Waals surface area contributed by atoms with Crippen LogP contribution in [0, 0.1) is 0 Å². The van der Waals surface area contributed by atoms with Gasteiger partial charge in [-0.1, -0.05) is 12.1 Å². The Kier molecular flexibility index (Phi) is 4.18. The number of amides is 2. The lowest BCUT2D eigenvalue weighted by Gasteiger charge is -2.42. The van der Waals surface area contributed by atoms with Crippen LogP contribution in [0.25, 0.3) is 0 Å². The van der Waals surface area contributed by atoms with Crippen molar-refractivity contribution in [2.24, 2.45) is 5.73 Å². The van der Waals surface area contributed by atoms with Crippen molar-refractivity contribution in [2.75, 3.05) is 13.1 Å². The van der Waals surface area contributed by atoms with E-state index in [0.29, 0.717) is 19.5 Å². The van der Waals surface area contributed by atoms with Gasteiger partial charge in [0, 0.05) is 13.1 Å². The molecule has 0 aliphatic carbocycles. The Bertz CT molecular complexity index is 540. The number of carbonyl (C=O) groups is 2. The first-order chi connectivity index (χ1) is 9.82. The van der Waals surface area contributed by atoms with Crippen LogP contribution in [0.15, 0.2) is 24.3 Å². The molecule has 2 rings (SSSR count). The second-order valence-corrected chi connectivity index (χ2v) is 5.78. The Labute approximate surface area is 123 Å². The number of carbonyl (C=O) groups excluding carboxylic acids is 2. The van der Waals surface area contributed by atoms with E-state index in [1.54, 1.807) is 38.1 Å². The van der Waals surface area contributed by atoms with E-state index in [1.165, 1.54) is 4.90 Å². The van der Waals surface area contributed by atoms with Crippen LogP contribution in [0.4, 0.5) is 0 Å². The number of hydrogen-bond donors (Lipinski definition) is 3. The van der Waals surface area contributed by atoms with Gasteiger partial charge < -0.3 is 21.1 Å². The number of rotatable bonds is 3. The number of benzene rings is 1. The highest BCUT2D eigenvalue weighted by atomic mass is 16.3. The lowest BCUT2D eigenvalue weighted by molar-refractivity contribution is -0.150. The molecule has 2 amide bonds. The Hall–Kier alpha value is -2.08. The standard InChI is InChI=1S/C15H21N3O3/c1-15(2)14(21)17-7-8-18(15)13(20)12(16)9-10-3-5-11(19)6-4-10/h3-6,12,19H,7-9,16H2,1-2H3,(H,17,21). The quantitative estimate of drug-likeness (QED) is 0.730. The average Bonchev–Trinajstić information content (AvgIpc) is 2.43. The zero-order valence-electron chi connectivity index (χ0n) is 12.3. The van der Waals surface area contributed by atoms with Crippen molar-refractivity contribution >= 4 is 11.8 Å². The summed E-state index contributed by atoms with van der Waals surface area (Å²) in [6.45, 7) is 4.33. The molecule has 0 bridgehead atoms. The third-order valence-electron chi connectivity index (χ3n) is 3.83. The first kappa shape index (κ1) is 15.3. The smallest absolute Gasteiger partial charge is 0.245 e. The molecule has 1 heterocycles. The van der Waals surface area contributed by atoms with E-state index >= 15 is 0 Å². The van der Waals surface area contributed by atoms with Gasteiger partial charge in [0.15, 0.2) is 0 Å². The molecule has 0 saturated carbocycles. The summed E-state index contributed by atoms with van der Waals surface area (Å²) in [4.78, 5) is 25.9. The van der Waals surface area contributed by atoms with Crippen molar-refractivity contribution in [3.63, 3.8) is 0 Å². The Balaban J connectivity index is 2.08. The van der Waals surface area contributed by atoms with Gasteiger partial charge in [0.2, 0.25) is 11.8 Å². The fourth-order valence-corrected chi connectivity index (χ4v) is 2.46. The minimum absolute atomic E-state index is 0.168. The van der Waals surface area contributed by atoms with E-state index in [0.717, 1.165) is 5.56 Å². The minimum Gasteiger partial charge on any atom is -0.508 e. The molecule has 1 aliphatic heterocycles. The monoisotopic (exact) mass is 291 g/mol. The molecular weight excluding hydrogens is 270 g/mol. The van der Waals surface area contributed by atoms with Gasteiger partial charge in [0.05, 0.1) is 6.04 Å². The number of nitrogens with zero attached hydrogens (tertiary/aromatic N) is 1. The molecule has 0 aromatic heterocycles. The largest absolute Gasteiger partial charge is 0.508 e. The summed E-state index contributed by atoms with van der Waals surface area (Å²) in [5.74, 6) is -0.227. The minimum atomic E-state index is -0.887. The van der Waals surface area contributed by atoms with Crippen molar-refractivity contribution in [1.82, 2.24) is 10.2 Å². The van der Waals surface area contributed by atoms with Crippen molar-refractivity contribution in [2.45, 2.75) is 31.8 Å². The molecule has 4 N–H and O–H groups in total. The molecule has 1 atom stereocenters. The maximum Gasteiger partial charge on any atom is 0.245 e. The van der Waals surface area contributed by atoms with Gasteiger partial charge >= 0.3 is 0 Å². The summed E-state index contributed by atoms with van der Waals surface area (Å²) in [6, 6.07) is 5.88. The van der Waals surface area contributed by atoms with Gasteiger partial charge in [0.25, 0.3) is 0 Å². The Morgan fingerprint density at radius 3 is 2.67 bits per heavy atom. The third-order valence-corrected chi connectivity index (χ3v) is 3.83. The molecular formula is C15H21N3O3. The SMILES string of the molecule is CC1(C)C(=O)NCCN1C(=O)C(N)Cc1ccc(O)cc1. The van der Waals surface area contributed by atoms with Crippen molar-refractivity contribution in [3.8, 4) is 5.75 Å². The van der Waals surface area contributed by atoms with Crippen LogP contribution in [-0.2, 0) is 16.0 Å². The van der Waals surface area contributed by atoms with Crippen LogP contribution in [0.5, 0.6) is 5.75 Å². The van der Waals surface area contributed by atoms with Crippen LogP contribution in [0.1, 0.15) is 19.4 Å². The maximum atomic E-state index is 12.5. The summed E-state index contributed by atoms with van der Waals surface area (Å²) in [6.07, 6.45) is 0.368. The Morgan fingerprint density at radius 1 is 1.43 bits per heavy atom. The molecule has 6 nitrogen and oxygen atoms in total. The molecule has 21 heavy (non-hydrogen) atoms. The number of nitrogens with two attached hydrogens (primary N) is 1. The summed E-state index contributed by atoms with van der Waals surface area (Å²) < 4.78 is 0. The summed E-state index contributed by atoms with van der Waals surface area (Å²) in [5, 5.41) is 12.0. The number of nitrogens with one attached hydrogen (secondary N) is 1. The lowest BCUT2D eigenvalue weighted by atomic mass is 9.96. The molecule has 0 spiro atoms. The van der Waals surface area contributed by atoms with E-state index in [4.69, 9.17) is 5.73 Å². The van der Waals surface area contributed by atoms with Crippen molar-refractivity contribution in [3.05, 3.63) is 29.8 Å². The summed E-state index contributed by atoms with van der Waals surface area (Å²) in [5.41, 5.74) is 5.98. The molecule has 1 saturated heterocycles. The molecule has 1 aromatic rings. The number of piperazine rings is 1. The van der Waals surface area contributed by atoms with Crippen LogP contribution >= 0.6 is 0 Å². The first-order valence-electron chi connectivity index (χ1n) is 6.95. The molecule has 1 fully saturated rings. The molecule has 114 valence electrons. The molecule has 6 heteroatoms. The van der Waals surface area contributed by atoms with E-state index < -0.39 is 11.6 Å². The number of hydrogen-bond acceptors (Lipinski definition) is 4. The zero-order chi connectivity index (χ0) is 15.6. The highest BCUT2D eigenvalue weighted by Crippen LogP contribution is 2.19. The fourth-order valence-electron chi connectivity index (χ4n) is 2.46. The molecule has 1 aromatic carbocycles. The van der Waals surface area contributed by atoms with Crippen LogP contribution in [-0.4, -0.2) is 46.5 Å². The Morgan fingerprint density at radius 2 is 2.05 bits per heavy atom. The predicted octanol–water partition coefficient (Wildman–Crippen LogP) is -0.001000. The number of phenolic OH excluding ortho intramolecular Hbond substituents is 1. The first-order valence-corrected chi connectivity index (χ1v) is 6.95. The van der Waals surface area contributed by atoms with Crippen LogP contribution < -0.4 is 11.1 Å². The van der Waals surface area contributed by atoms with Gasteiger partial charge in [0.1, 0.15) is 11.3 Å². The normalized spacial score (nSPS) is 19.0. The van der Waals surface area contributed by atoms with E-state index in [1.807, 2.05) is 0 Å². The molecule has 1 aliphatic rings. The van der Waals surface area contributed by atoms with E-state index in [-0.39, 0.29) is 17.6 Å². The summed E-state index contributed by atoms with van der Waals surface area (Å²) in [7, 11) is 0. The van der Waals surface area contributed by atoms with Crippen molar-refractivity contribution in [1.29, 1.82) is 0 Å². The maximum absolute atomic E-state index is 12.5. The lowest BCUT2D eigenvalue weighted by Crippen LogP contribution is -2.65. The van der Waals surface area contributed by atoms with Gasteiger partial charge in [-0.15, -0.1) is 0 Å². The third kappa shape index (κ3) is 3.16. The van der Waals surface area contributed by atoms with Crippen LogP contribution in [0.2, 0.25) is 0 Å². The number of phenols is 1. The van der Waals surface area contributed by atoms with Crippen LogP contribution in [0.3, 0.4) is 0 Å². The zero-order valence-corrected chi connectivity index (χ0v) is 12.3. The van der Waals surface area contributed by atoms with E-state index in [9.17, 15) is 14.7 Å². The summed E-state index contributed by atoms with van der Waals surface area (Å²) >= 11 is 0. The van der Waals surface area contributed by atoms with Gasteiger partial charge in [-0.2, -0.15) is 0 Å². The second kappa shape index (κ2) is 5.73. The van der Waals surface area contributed by atoms with Gasteiger partial charge in [-0.05, 0) is 38.0 Å². The van der Waals surface area contributed by atoms with E-state index in [2.05, 4.69) is 5.32 Å². The fraction of sp³-hybridized carbons (Fsp3) is 0.467. The topological polar surface area (TPSA) is 95.7 Å². The highest BCUT2D eigenvalue weighted by molar-refractivity contribution is 5.93. The highest BCUT2D eigenvalue weighted by Gasteiger charge is 2.41.